The predicted molar refractivity (Wildman–Crippen MR) is 83.1 cm³/mol. The van der Waals surface area contributed by atoms with Gasteiger partial charge in [0.1, 0.15) is 0 Å². The Morgan fingerprint density at radius 3 is 2.18 bits per heavy atom. The average molecular weight is 304 g/mol. The number of nitrogens with one attached hydrogen (secondary N) is 1. The van der Waals surface area contributed by atoms with Crippen LogP contribution in [-0.2, 0) is 9.59 Å². The van der Waals surface area contributed by atoms with E-state index in [4.69, 9.17) is 10.2 Å². The quantitative estimate of drug-likeness (QED) is 0.728. The normalized spacial score (nSPS) is 22.5. The third-order valence-electron chi connectivity index (χ3n) is 3.79. The Morgan fingerprint density at radius 2 is 1.77 bits per heavy atom. The lowest BCUT2D eigenvalue weighted by atomic mass is 10.2. The van der Waals surface area contributed by atoms with Crippen LogP contribution in [0.4, 0.5) is 5.69 Å². The highest BCUT2D eigenvalue weighted by atomic mass is 16.4. The van der Waals surface area contributed by atoms with Gasteiger partial charge in [0.05, 0.1) is 0 Å². The van der Waals surface area contributed by atoms with E-state index in [2.05, 4.69) is 41.4 Å². The monoisotopic (exact) mass is 304 g/mol. The first-order valence-electron chi connectivity index (χ1n) is 7.16. The van der Waals surface area contributed by atoms with Crippen LogP contribution in [0.5, 0.6) is 0 Å². The predicted octanol–water partition coefficient (Wildman–Crippen LogP) is 1.26. The number of aryl methyl sites for hydroxylation is 1. The number of aliphatic carboxylic acids is 2. The molecule has 0 aliphatic carbocycles. The number of hydrogen-bond donors (Lipinski definition) is 3. The van der Waals surface area contributed by atoms with Crippen molar-refractivity contribution >= 4 is 17.6 Å². The summed E-state index contributed by atoms with van der Waals surface area (Å²) in [5.41, 5.74) is 2.74. The van der Waals surface area contributed by atoms with Gasteiger partial charge in [-0.15, -0.1) is 0 Å². The molecule has 6 heteroatoms. The van der Waals surface area contributed by atoms with Gasteiger partial charge >= 0.3 is 11.9 Å². The fraction of sp³-hybridized carbons (Fsp3) is 0.375. The number of piperazine rings is 1. The second kappa shape index (κ2) is 7.09. The summed E-state index contributed by atoms with van der Waals surface area (Å²) in [6.45, 7) is 4.49. The van der Waals surface area contributed by atoms with E-state index < -0.39 is 11.9 Å². The number of rotatable bonds is 3. The van der Waals surface area contributed by atoms with E-state index >= 15 is 0 Å². The van der Waals surface area contributed by atoms with E-state index in [0.29, 0.717) is 12.2 Å². The van der Waals surface area contributed by atoms with Crippen molar-refractivity contribution in [2.24, 2.45) is 0 Å². The molecule has 6 nitrogen and oxygen atoms in total. The summed E-state index contributed by atoms with van der Waals surface area (Å²) < 4.78 is 0. The van der Waals surface area contributed by atoms with Crippen molar-refractivity contribution in [3.05, 3.63) is 42.0 Å². The van der Waals surface area contributed by atoms with E-state index in [1.54, 1.807) is 0 Å². The number of anilines is 1. The standard InChI is InChI=1S/C12H16N2.C4H4O4/c1-9-2-4-11(5-3-9)14-8-10-6-12(14)7-13-10;5-3(6)1-2-4(7)8/h2-5,10,12-13H,6-8H2,1H3;1-2H,(H,5,6)(H,7,8)/b;2-1+/t10-,12-;/m1./s1. The van der Waals surface area contributed by atoms with E-state index in [9.17, 15) is 9.59 Å². The molecule has 2 atom stereocenters. The number of nitrogens with zero attached hydrogens (tertiary/aromatic N) is 1. The van der Waals surface area contributed by atoms with Gasteiger partial charge in [-0.2, -0.15) is 0 Å². The minimum absolute atomic E-state index is 0.558. The lowest BCUT2D eigenvalue weighted by Crippen LogP contribution is -2.43. The van der Waals surface area contributed by atoms with Gasteiger partial charge in [0.15, 0.2) is 0 Å². The summed E-state index contributed by atoms with van der Waals surface area (Å²) in [5.74, 6) is -2.51. The van der Waals surface area contributed by atoms with Crippen LogP contribution in [0.15, 0.2) is 36.4 Å². The molecule has 0 radical (unpaired) electrons. The molecule has 0 saturated carbocycles. The lowest BCUT2D eigenvalue weighted by molar-refractivity contribution is -0.134. The zero-order valence-corrected chi connectivity index (χ0v) is 12.4. The summed E-state index contributed by atoms with van der Waals surface area (Å²) in [6.07, 6.45) is 2.44. The first kappa shape index (κ1) is 16.0. The van der Waals surface area contributed by atoms with Gasteiger partial charge in [0.2, 0.25) is 0 Å². The molecule has 0 amide bonds. The highest BCUT2D eigenvalue weighted by Gasteiger charge is 2.37. The van der Waals surface area contributed by atoms with Gasteiger partial charge < -0.3 is 20.4 Å². The highest BCUT2D eigenvalue weighted by Crippen LogP contribution is 2.29. The molecule has 0 aromatic heterocycles. The number of fused-ring (bicyclic) bond motifs is 2. The molecule has 2 aliphatic heterocycles. The second-order valence-corrected chi connectivity index (χ2v) is 5.49. The number of carboxylic acid groups (broad SMARTS) is 2. The molecule has 0 unspecified atom stereocenters. The van der Waals surface area contributed by atoms with Crippen LogP contribution in [0.1, 0.15) is 12.0 Å². The van der Waals surface area contributed by atoms with E-state index in [1.807, 2.05) is 0 Å². The van der Waals surface area contributed by atoms with Crippen LogP contribution >= 0.6 is 0 Å². The van der Waals surface area contributed by atoms with Gasteiger partial charge in [0, 0.05) is 43.0 Å². The Kier molecular flexibility index (Phi) is 5.16. The fourth-order valence-electron chi connectivity index (χ4n) is 2.76. The summed E-state index contributed by atoms with van der Waals surface area (Å²) in [4.78, 5) is 21.6. The Morgan fingerprint density at radius 1 is 1.18 bits per heavy atom. The molecular weight excluding hydrogens is 284 g/mol. The maximum absolute atomic E-state index is 9.55. The maximum Gasteiger partial charge on any atom is 0.328 e. The van der Waals surface area contributed by atoms with Crippen LogP contribution in [0, 0.1) is 6.92 Å². The van der Waals surface area contributed by atoms with Crippen molar-refractivity contribution in [2.45, 2.75) is 25.4 Å². The third kappa shape index (κ3) is 4.33. The molecule has 2 bridgehead atoms. The van der Waals surface area contributed by atoms with Crippen molar-refractivity contribution in [3.8, 4) is 0 Å². The molecule has 2 aliphatic rings. The van der Waals surface area contributed by atoms with E-state index in [0.717, 1.165) is 12.1 Å². The Hall–Kier alpha value is -2.34. The minimum atomic E-state index is -1.26. The average Bonchev–Trinajstić information content (AvgIpc) is 3.09. The maximum atomic E-state index is 9.55. The lowest BCUT2D eigenvalue weighted by Gasteiger charge is -2.29. The molecule has 118 valence electrons. The largest absolute Gasteiger partial charge is 0.478 e. The van der Waals surface area contributed by atoms with Crippen molar-refractivity contribution < 1.29 is 19.8 Å². The Balaban J connectivity index is 0.000000192. The third-order valence-corrected chi connectivity index (χ3v) is 3.79. The molecule has 0 spiro atoms. The molecule has 2 fully saturated rings. The van der Waals surface area contributed by atoms with Gasteiger partial charge in [-0.25, -0.2) is 9.59 Å². The van der Waals surface area contributed by atoms with Crippen molar-refractivity contribution in [1.29, 1.82) is 0 Å². The molecule has 1 aromatic rings. The first-order chi connectivity index (χ1) is 10.5. The summed E-state index contributed by atoms with van der Waals surface area (Å²) >= 11 is 0. The van der Waals surface area contributed by atoms with Gasteiger partial charge in [-0.3, -0.25) is 0 Å². The van der Waals surface area contributed by atoms with Gasteiger partial charge in [-0.05, 0) is 25.5 Å². The highest BCUT2D eigenvalue weighted by molar-refractivity contribution is 5.89. The second-order valence-electron chi connectivity index (χ2n) is 5.49. The van der Waals surface area contributed by atoms with Gasteiger partial charge in [-0.1, -0.05) is 17.7 Å². The molecular formula is C16H20N2O4. The van der Waals surface area contributed by atoms with Crippen molar-refractivity contribution in [3.63, 3.8) is 0 Å². The zero-order valence-electron chi connectivity index (χ0n) is 12.4. The fourth-order valence-corrected chi connectivity index (χ4v) is 2.76. The number of carboxylic acids is 2. The van der Waals surface area contributed by atoms with E-state index in [1.165, 1.54) is 30.8 Å². The zero-order chi connectivity index (χ0) is 16.1. The van der Waals surface area contributed by atoms with Crippen LogP contribution in [0.2, 0.25) is 0 Å². The summed E-state index contributed by atoms with van der Waals surface area (Å²) in [6, 6.07) is 10.4. The topological polar surface area (TPSA) is 89.9 Å². The molecule has 2 saturated heterocycles. The van der Waals surface area contributed by atoms with Crippen molar-refractivity contribution in [2.75, 3.05) is 18.0 Å². The van der Waals surface area contributed by atoms with Crippen LogP contribution in [0.3, 0.4) is 0 Å². The SMILES string of the molecule is Cc1ccc(N2C[C@H]3C[C@@H]2CN3)cc1.O=C(O)/C=C/C(=O)O. The minimum Gasteiger partial charge on any atom is -0.478 e. The van der Waals surface area contributed by atoms with Crippen molar-refractivity contribution in [1.82, 2.24) is 5.32 Å². The summed E-state index contributed by atoms with van der Waals surface area (Å²) in [5, 5.41) is 19.1. The molecule has 1 aromatic carbocycles. The Bertz CT molecular complexity index is 552. The van der Waals surface area contributed by atoms with E-state index in [-0.39, 0.29) is 0 Å². The molecule has 2 heterocycles. The van der Waals surface area contributed by atoms with Crippen LogP contribution in [-0.4, -0.2) is 47.3 Å². The molecule has 22 heavy (non-hydrogen) atoms. The van der Waals surface area contributed by atoms with Gasteiger partial charge in [0.25, 0.3) is 0 Å². The number of benzene rings is 1. The smallest absolute Gasteiger partial charge is 0.328 e. The number of hydrogen-bond acceptors (Lipinski definition) is 4. The van der Waals surface area contributed by atoms with Crippen LogP contribution in [0.25, 0.3) is 0 Å². The van der Waals surface area contributed by atoms with Crippen LogP contribution < -0.4 is 10.2 Å². The molecule has 3 N–H and O–H groups in total. The summed E-state index contributed by atoms with van der Waals surface area (Å²) in [7, 11) is 0. The molecule has 3 rings (SSSR count). The number of carbonyl (C=O) groups is 2. The Labute approximate surface area is 129 Å². The first-order valence-corrected chi connectivity index (χ1v) is 7.16.